The SMILES string of the molecule is Cc1ccc([C@H](O)CCl)cc1C. The zero-order valence-electron chi connectivity index (χ0n) is 7.34. The van der Waals surface area contributed by atoms with Crippen LogP contribution in [0.4, 0.5) is 0 Å². The van der Waals surface area contributed by atoms with Gasteiger partial charge in [0.05, 0.1) is 12.0 Å². The van der Waals surface area contributed by atoms with Crippen molar-refractivity contribution in [2.45, 2.75) is 20.0 Å². The molecule has 12 heavy (non-hydrogen) atoms. The van der Waals surface area contributed by atoms with E-state index in [1.807, 2.05) is 32.0 Å². The highest BCUT2D eigenvalue weighted by Gasteiger charge is 2.05. The highest BCUT2D eigenvalue weighted by Crippen LogP contribution is 2.17. The summed E-state index contributed by atoms with van der Waals surface area (Å²) < 4.78 is 0. The lowest BCUT2D eigenvalue weighted by atomic mass is 10.0. The molecule has 1 atom stereocenters. The van der Waals surface area contributed by atoms with Crippen molar-refractivity contribution in [3.8, 4) is 0 Å². The first-order valence-electron chi connectivity index (χ1n) is 3.96. The van der Waals surface area contributed by atoms with Crippen molar-refractivity contribution >= 4 is 11.6 Å². The van der Waals surface area contributed by atoms with E-state index in [2.05, 4.69) is 0 Å². The van der Waals surface area contributed by atoms with Crippen LogP contribution < -0.4 is 0 Å². The minimum atomic E-state index is -0.536. The van der Waals surface area contributed by atoms with E-state index in [0.29, 0.717) is 0 Å². The zero-order valence-corrected chi connectivity index (χ0v) is 8.10. The molecule has 0 saturated carbocycles. The van der Waals surface area contributed by atoms with Crippen molar-refractivity contribution in [3.05, 3.63) is 34.9 Å². The molecule has 1 nitrogen and oxygen atoms in total. The van der Waals surface area contributed by atoms with Crippen molar-refractivity contribution in [1.82, 2.24) is 0 Å². The first kappa shape index (κ1) is 9.56. The Kier molecular flexibility index (Phi) is 3.12. The van der Waals surface area contributed by atoms with Gasteiger partial charge in [-0.25, -0.2) is 0 Å². The molecule has 1 N–H and O–H groups in total. The predicted molar refractivity (Wildman–Crippen MR) is 51.6 cm³/mol. The van der Waals surface area contributed by atoms with Crippen LogP contribution in [0.1, 0.15) is 22.8 Å². The number of aryl methyl sites for hydroxylation is 2. The number of rotatable bonds is 2. The minimum Gasteiger partial charge on any atom is -0.387 e. The molecule has 1 aromatic carbocycles. The van der Waals surface area contributed by atoms with Crippen molar-refractivity contribution < 1.29 is 5.11 Å². The fourth-order valence-electron chi connectivity index (χ4n) is 1.06. The van der Waals surface area contributed by atoms with Crippen LogP contribution in [0.3, 0.4) is 0 Å². The molecule has 1 rings (SSSR count). The third kappa shape index (κ3) is 1.99. The number of alkyl halides is 1. The van der Waals surface area contributed by atoms with Gasteiger partial charge in [0.1, 0.15) is 0 Å². The molecule has 0 fully saturated rings. The summed E-state index contributed by atoms with van der Waals surface area (Å²) in [4.78, 5) is 0. The summed E-state index contributed by atoms with van der Waals surface area (Å²) in [6, 6.07) is 5.89. The lowest BCUT2D eigenvalue weighted by Crippen LogP contribution is -1.99. The van der Waals surface area contributed by atoms with E-state index in [-0.39, 0.29) is 5.88 Å². The van der Waals surface area contributed by atoms with Crippen molar-refractivity contribution in [2.24, 2.45) is 0 Å². The van der Waals surface area contributed by atoms with Crippen LogP contribution in [0.15, 0.2) is 18.2 Å². The molecule has 0 bridgehead atoms. The molecule has 66 valence electrons. The van der Waals surface area contributed by atoms with Gasteiger partial charge in [0.25, 0.3) is 0 Å². The Bertz CT molecular complexity index is 271. The van der Waals surface area contributed by atoms with E-state index in [9.17, 15) is 5.11 Å². The topological polar surface area (TPSA) is 20.2 Å². The van der Waals surface area contributed by atoms with Crippen LogP contribution >= 0.6 is 11.6 Å². The fourth-order valence-corrected chi connectivity index (χ4v) is 1.24. The van der Waals surface area contributed by atoms with E-state index in [0.717, 1.165) is 5.56 Å². The molecule has 0 aliphatic heterocycles. The van der Waals surface area contributed by atoms with Crippen LogP contribution in [0.25, 0.3) is 0 Å². The third-order valence-electron chi connectivity index (χ3n) is 2.06. The van der Waals surface area contributed by atoms with Gasteiger partial charge in [-0.15, -0.1) is 11.6 Å². The van der Waals surface area contributed by atoms with Gasteiger partial charge in [-0.05, 0) is 30.5 Å². The quantitative estimate of drug-likeness (QED) is 0.701. The third-order valence-corrected chi connectivity index (χ3v) is 2.35. The van der Waals surface area contributed by atoms with Gasteiger partial charge in [-0.1, -0.05) is 18.2 Å². The van der Waals surface area contributed by atoms with E-state index < -0.39 is 6.10 Å². The summed E-state index contributed by atoms with van der Waals surface area (Å²) in [5, 5.41) is 9.41. The highest BCUT2D eigenvalue weighted by atomic mass is 35.5. The Balaban J connectivity index is 2.96. The molecular weight excluding hydrogens is 172 g/mol. The summed E-state index contributed by atoms with van der Waals surface area (Å²) in [5.41, 5.74) is 3.32. The van der Waals surface area contributed by atoms with Gasteiger partial charge < -0.3 is 5.11 Å². The van der Waals surface area contributed by atoms with Gasteiger partial charge >= 0.3 is 0 Å². The Morgan fingerprint density at radius 1 is 1.33 bits per heavy atom. The summed E-state index contributed by atoms with van der Waals surface area (Å²) in [7, 11) is 0. The number of halogens is 1. The van der Waals surface area contributed by atoms with Gasteiger partial charge in [0.2, 0.25) is 0 Å². The second-order valence-corrected chi connectivity index (χ2v) is 3.32. The van der Waals surface area contributed by atoms with Gasteiger partial charge in [-0.3, -0.25) is 0 Å². The molecule has 0 spiro atoms. The van der Waals surface area contributed by atoms with Crippen LogP contribution in [-0.4, -0.2) is 11.0 Å². The van der Waals surface area contributed by atoms with Crippen LogP contribution in [0, 0.1) is 13.8 Å². The average Bonchev–Trinajstić information content (AvgIpc) is 2.08. The summed E-state index contributed by atoms with van der Waals surface area (Å²) in [6.45, 7) is 4.08. The number of hydrogen-bond donors (Lipinski definition) is 1. The molecule has 0 heterocycles. The fraction of sp³-hybridized carbons (Fsp3) is 0.400. The Morgan fingerprint density at radius 3 is 2.50 bits per heavy atom. The summed E-state index contributed by atoms with van der Waals surface area (Å²) >= 11 is 5.53. The second kappa shape index (κ2) is 3.92. The molecule has 0 aromatic heterocycles. The molecule has 0 aliphatic carbocycles. The van der Waals surface area contributed by atoms with Crippen molar-refractivity contribution in [2.75, 3.05) is 5.88 Å². The maximum absolute atomic E-state index is 9.41. The zero-order chi connectivity index (χ0) is 9.14. The van der Waals surface area contributed by atoms with Gasteiger partial charge in [-0.2, -0.15) is 0 Å². The molecular formula is C10H13ClO. The molecule has 0 saturated heterocycles. The second-order valence-electron chi connectivity index (χ2n) is 3.01. The van der Waals surface area contributed by atoms with E-state index in [4.69, 9.17) is 11.6 Å². The lowest BCUT2D eigenvalue weighted by Gasteiger charge is -2.08. The maximum atomic E-state index is 9.41. The van der Waals surface area contributed by atoms with Crippen molar-refractivity contribution in [1.29, 1.82) is 0 Å². The van der Waals surface area contributed by atoms with E-state index >= 15 is 0 Å². The Hall–Kier alpha value is -0.530. The average molecular weight is 185 g/mol. The Labute approximate surface area is 78.0 Å². The molecule has 0 unspecified atom stereocenters. The highest BCUT2D eigenvalue weighted by molar-refractivity contribution is 6.18. The monoisotopic (exact) mass is 184 g/mol. The minimum absolute atomic E-state index is 0.252. The van der Waals surface area contributed by atoms with Crippen LogP contribution in [-0.2, 0) is 0 Å². The number of aliphatic hydroxyl groups is 1. The molecule has 2 heteroatoms. The van der Waals surface area contributed by atoms with E-state index in [1.54, 1.807) is 0 Å². The first-order chi connectivity index (χ1) is 5.65. The van der Waals surface area contributed by atoms with Gasteiger partial charge in [0, 0.05) is 0 Å². The largest absolute Gasteiger partial charge is 0.387 e. The summed E-state index contributed by atoms with van der Waals surface area (Å²) in [6.07, 6.45) is -0.536. The van der Waals surface area contributed by atoms with Gasteiger partial charge in [0.15, 0.2) is 0 Å². The molecule has 0 amide bonds. The Morgan fingerprint density at radius 2 is 2.00 bits per heavy atom. The standard InChI is InChI=1S/C10H13ClO/c1-7-3-4-9(5-8(7)2)10(12)6-11/h3-5,10,12H,6H2,1-2H3/t10-/m1/s1. The first-order valence-corrected chi connectivity index (χ1v) is 4.49. The molecule has 0 aliphatic rings. The lowest BCUT2D eigenvalue weighted by molar-refractivity contribution is 0.202. The van der Waals surface area contributed by atoms with E-state index in [1.165, 1.54) is 11.1 Å². The number of benzene rings is 1. The predicted octanol–water partition coefficient (Wildman–Crippen LogP) is 2.58. The van der Waals surface area contributed by atoms with Crippen LogP contribution in [0.5, 0.6) is 0 Å². The number of hydrogen-bond acceptors (Lipinski definition) is 1. The number of aliphatic hydroxyl groups excluding tert-OH is 1. The maximum Gasteiger partial charge on any atom is 0.0925 e. The normalized spacial score (nSPS) is 13.0. The van der Waals surface area contributed by atoms with Crippen molar-refractivity contribution in [3.63, 3.8) is 0 Å². The summed E-state index contributed by atoms with van der Waals surface area (Å²) in [5.74, 6) is 0.252. The molecule has 1 aromatic rings. The smallest absolute Gasteiger partial charge is 0.0925 e. The van der Waals surface area contributed by atoms with Crippen LogP contribution in [0.2, 0.25) is 0 Å². The molecule has 0 radical (unpaired) electrons.